The standard InChI is InChI=1S/C15H23NOS/c1-3-10-17-13-8-5-4-7-12(13)14(16)15(2)9-6-11-18-15/h4-5,7-8,14H,3,6,9-11,16H2,1-2H3. The number of hydrogen-bond donors (Lipinski definition) is 1. The maximum atomic E-state index is 6.51. The second kappa shape index (κ2) is 5.98. The summed E-state index contributed by atoms with van der Waals surface area (Å²) in [5.41, 5.74) is 7.66. The zero-order valence-electron chi connectivity index (χ0n) is 11.3. The zero-order valence-corrected chi connectivity index (χ0v) is 12.1. The van der Waals surface area contributed by atoms with E-state index in [0.29, 0.717) is 0 Å². The SMILES string of the molecule is CCCOc1ccccc1C(N)C1(C)CCCS1. The van der Waals surface area contributed by atoms with Crippen LogP contribution in [-0.2, 0) is 0 Å². The van der Waals surface area contributed by atoms with E-state index in [-0.39, 0.29) is 10.8 Å². The highest BCUT2D eigenvalue weighted by molar-refractivity contribution is 8.00. The molecule has 0 saturated carbocycles. The lowest BCUT2D eigenvalue weighted by Gasteiger charge is -2.31. The van der Waals surface area contributed by atoms with E-state index < -0.39 is 0 Å². The summed E-state index contributed by atoms with van der Waals surface area (Å²) in [4.78, 5) is 0. The van der Waals surface area contributed by atoms with Gasteiger partial charge in [-0.25, -0.2) is 0 Å². The molecule has 3 heteroatoms. The van der Waals surface area contributed by atoms with Crippen molar-refractivity contribution >= 4 is 11.8 Å². The van der Waals surface area contributed by atoms with E-state index in [4.69, 9.17) is 10.5 Å². The van der Waals surface area contributed by atoms with Crippen LogP contribution in [0.5, 0.6) is 5.75 Å². The molecule has 0 spiro atoms. The molecule has 2 rings (SSSR count). The first-order valence-electron chi connectivity index (χ1n) is 6.78. The van der Waals surface area contributed by atoms with E-state index in [1.807, 2.05) is 23.9 Å². The summed E-state index contributed by atoms with van der Waals surface area (Å²) < 4.78 is 5.98. The lowest BCUT2D eigenvalue weighted by Crippen LogP contribution is -2.33. The molecule has 2 N–H and O–H groups in total. The van der Waals surface area contributed by atoms with Gasteiger partial charge in [0.1, 0.15) is 5.75 Å². The molecule has 100 valence electrons. The van der Waals surface area contributed by atoms with Crippen molar-refractivity contribution in [2.75, 3.05) is 12.4 Å². The van der Waals surface area contributed by atoms with Gasteiger partial charge >= 0.3 is 0 Å². The molecular formula is C15H23NOS. The Morgan fingerprint density at radius 3 is 2.89 bits per heavy atom. The predicted octanol–water partition coefficient (Wildman–Crippen LogP) is 3.76. The van der Waals surface area contributed by atoms with Gasteiger partial charge in [0.15, 0.2) is 0 Å². The molecule has 2 atom stereocenters. The van der Waals surface area contributed by atoms with Gasteiger partial charge in [0.05, 0.1) is 6.61 Å². The molecule has 0 amide bonds. The minimum Gasteiger partial charge on any atom is -0.493 e. The van der Waals surface area contributed by atoms with Crippen LogP contribution in [0.3, 0.4) is 0 Å². The van der Waals surface area contributed by atoms with Crippen LogP contribution in [0.4, 0.5) is 0 Å². The number of thioether (sulfide) groups is 1. The monoisotopic (exact) mass is 265 g/mol. The number of nitrogens with two attached hydrogens (primary N) is 1. The van der Waals surface area contributed by atoms with Gasteiger partial charge in [-0.1, -0.05) is 25.1 Å². The van der Waals surface area contributed by atoms with E-state index >= 15 is 0 Å². The molecule has 1 heterocycles. The van der Waals surface area contributed by atoms with Crippen molar-refractivity contribution in [1.82, 2.24) is 0 Å². The van der Waals surface area contributed by atoms with Crippen LogP contribution in [0.15, 0.2) is 24.3 Å². The van der Waals surface area contributed by atoms with Crippen LogP contribution in [0, 0.1) is 0 Å². The molecule has 1 aromatic rings. The van der Waals surface area contributed by atoms with Crippen LogP contribution < -0.4 is 10.5 Å². The fourth-order valence-corrected chi connectivity index (χ4v) is 3.81. The van der Waals surface area contributed by atoms with Gasteiger partial charge in [-0.3, -0.25) is 0 Å². The first kappa shape index (κ1) is 13.8. The molecule has 2 nitrogen and oxygen atoms in total. The van der Waals surface area contributed by atoms with Crippen molar-refractivity contribution in [2.45, 2.75) is 43.9 Å². The summed E-state index contributed by atoms with van der Waals surface area (Å²) >= 11 is 2.00. The van der Waals surface area contributed by atoms with Crippen molar-refractivity contribution in [1.29, 1.82) is 0 Å². The fourth-order valence-electron chi connectivity index (χ4n) is 2.46. The van der Waals surface area contributed by atoms with Gasteiger partial charge in [-0.2, -0.15) is 11.8 Å². The van der Waals surface area contributed by atoms with Crippen molar-refractivity contribution < 1.29 is 4.74 Å². The molecule has 0 aromatic heterocycles. The summed E-state index contributed by atoms with van der Waals surface area (Å²) in [6.45, 7) is 5.16. The van der Waals surface area contributed by atoms with Crippen molar-refractivity contribution in [3.8, 4) is 5.75 Å². The van der Waals surface area contributed by atoms with Crippen LogP contribution in [0.2, 0.25) is 0 Å². The van der Waals surface area contributed by atoms with Gasteiger partial charge in [-0.15, -0.1) is 0 Å². The number of rotatable bonds is 5. The molecule has 0 radical (unpaired) electrons. The third-order valence-electron chi connectivity index (χ3n) is 3.62. The fraction of sp³-hybridized carbons (Fsp3) is 0.600. The topological polar surface area (TPSA) is 35.2 Å². The Bertz CT molecular complexity index is 388. The van der Waals surface area contributed by atoms with E-state index in [0.717, 1.165) is 24.3 Å². The average Bonchev–Trinajstić information content (AvgIpc) is 2.84. The van der Waals surface area contributed by atoms with E-state index in [1.165, 1.54) is 18.6 Å². The molecule has 18 heavy (non-hydrogen) atoms. The summed E-state index contributed by atoms with van der Waals surface area (Å²) in [6, 6.07) is 8.27. The second-order valence-electron chi connectivity index (χ2n) is 5.13. The Balaban J connectivity index is 2.21. The highest BCUT2D eigenvalue weighted by Gasteiger charge is 2.37. The normalized spacial score (nSPS) is 25.1. The summed E-state index contributed by atoms with van der Waals surface area (Å²) in [7, 11) is 0. The quantitative estimate of drug-likeness (QED) is 0.880. The second-order valence-corrected chi connectivity index (χ2v) is 6.76. The largest absolute Gasteiger partial charge is 0.493 e. The molecular weight excluding hydrogens is 242 g/mol. The van der Waals surface area contributed by atoms with Crippen LogP contribution in [0.25, 0.3) is 0 Å². The van der Waals surface area contributed by atoms with Crippen LogP contribution >= 0.6 is 11.8 Å². The maximum absolute atomic E-state index is 6.51. The Morgan fingerprint density at radius 1 is 1.44 bits per heavy atom. The van der Waals surface area contributed by atoms with E-state index in [1.54, 1.807) is 0 Å². The number of benzene rings is 1. The Morgan fingerprint density at radius 2 is 2.22 bits per heavy atom. The number of ether oxygens (including phenoxy) is 1. The van der Waals surface area contributed by atoms with Crippen LogP contribution in [-0.4, -0.2) is 17.1 Å². The Labute approximate surface area is 114 Å². The highest BCUT2D eigenvalue weighted by atomic mass is 32.2. The summed E-state index contributed by atoms with van der Waals surface area (Å²) in [5.74, 6) is 2.18. The van der Waals surface area contributed by atoms with Crippen molar-refractivity contribution in [2.24, 2.45) is 5.73 Å². The van der Waals surface area contributed by atoms with E-state index in [9.17, 15) is 0 Å². The molecule has 1 aromatic carbocycles. The highest BCUT2D eigenvalue weighted by Crippen LogP contribution is 2.47. The van der Waals surface area contributed by atoms with Crippen molar-refractivity contribution in [3.05, 3.63) is 29.8 Å². The van der Waals surface area contributed by atoms with Gasteiger partial charge < -0.3 is 10.5 Å². The maximum Gasteiger partial charge on any atom is 0.124 e. The lowest BCUT2D eigenvalue weighted by molar-refractivity contribution is 0.309. The first-order chi connectivity index (χ1) is 8.67. The minimum atomic E-state index is 0.0538. The first-order valence-corrected chi connectivity index (χ1v) is 7.77. The van der Waals surface area contributed by atoms with Gasteiger partial charge in [0.2, 0.25) is 0 Å². The Kier molecular flexibility index (Phi) is 4.57. The third-order valence-corrected chi connectivity index (χ3v) is 5.23. The minimum absolute atomic E-state index is 0.0538. The average molecular weight is 265 g/mol. The number of para-hydroxylation sites is 1. The van der Waals surface area contributed by atoms with Gasteiger partial charge in [0.25, 0.3) is 0 Å². The molecule has 1 aliphatic rings. The van der Waals surface area contributed by atoms with E-state index in [2.05, 4.69) is 26.0 Å². The molecule has 0 bridgehead atoms. The molecule has 1 fully saturated rings. The predicted molar refractivity (Wildman–Crippen MR) is 79.3 cm³/mol. The molecule has 0 aliphatic carbocycles. The smallest absolute Gasteiger partial charge is 0.124 e. The summed E-state index contributed by atoms with van der Waals surface area (Å²) in [6.07, 6.45) is 3.49. The lowest BCUT2D eigenvalue weighted by atomic mass is 9.90. The van der Waals surface area contributed by atoms with Gasteiger partial charge in [-0.05, 0) is 38.0 Å². The molecule has 2 unspecified atom stereocenters. The van der Waals surface area contributed by atoms with Crippen molar-refractivity contribution in [3.63, 3.8) is 0 Å². The Hall–Kier alpha value is -0.670. The molecule has 1 aliphatic heterocycles. The van der Waals surface area contributed by atoms with Gasteiger partial charge in [0, 0.05) is 16.4 Å². The zero-order chi connectivity index (χ0) is 13.0. The molecule has 1 saturated heterocycles. The van der Waals surface area contributed by atoms with Crippen LogP contribution in [0.1, 0.15) is 44.7 Å². The third kappa shape index (κ3) is 2.83. The summed E-state index contributed by atoms with van der Waals surface area (Å²) in [5, 5.41) is 0. The number of hydrogen-bond acceptors (Lipinski definition) is 3.